The number of carbonyl (C=O) groups excluding carboxylic acids is 1. The summed E-state index contributed by atoms with van der Waals surface area (Å²) in [7, 11) is 2.81. The van der Waals surface area contributed by atoms with Crippen LogP contribution in [0.25, 0.3) is 0 Å². The van der Waals surface area contributed by atoms with Gasteiger partial charge in [-0.15, -0.1) is 11.8 Å². The minimum absolute atomic E-state index is 0.200. The first-order chi connectivity index (χ1) is 10.1. The fourth-order valence-corrected chi connectivity index (χ4v) is 2.77. The summed E-state index contributed by atoms with van der Waals surface area (Å²) < 4.78 is 49.1. The lowest BCUT2D eigenvalue weighted by atomic mass is 10.2. The molecule has 0 bridgehead atoms. The molecule has 0 aliphatic rings. The summed E-state index contributed by atoms with van der Waals surface area (Å²) in [6.45, 7) is -0.896. The van der Waals surface area contributed by atoms with Crippen molar-refractivity contribution in [1.82, 2.24) is 0 Å². The van der Waals surface area contributed by atoms with Crippen molar-refractivity contribution < 1.29 is 27.4 Å². The third-order valence-corrected chi connectivity index (χ3v) is 3.96. The first-order valence-corrected chi connectivity index (χ1v) is 7.24. The van der Waals surface area contributed by atoms with Gasteiger partial charge in [0.25, 0.3) is 0 Å². The van der Waals surface area contributed by atoms with Crippen LogP contribution in [0.4, 0.5) is 13.2 Å². The summed E-state index contributed by atoms with van der Waals surface area (Å²) >= 11 is 1.00. The number of halogens is 3. The SMILES string of the molecule is COc1cc(C=O)cc(OC)c1SCC(F)C(F)CCF. The van der Waals surface area contributed by atoms with Crippen LogP contribution in [0.3, 0.4) is 0 Å². The monoisotopic (exact) mass is 322 g/mol. The zero-order valence-electron chi connectivity index (χ0n) is 11.8. The van der Waals surface area contributed by atoms with Crippen LogP contribution in [0.2, 0.25) is 0 Å². The van der Waals surface area contributed by atoms with Crippen molar-refractivity contribution in [3.05, 3.63) is 17.7 Å². The summed E-state index contributed by atoms with van der Waals surface area (Å²) in [4.78, 5) is 11.3. The molecule has 0 aliphatic carbocycles. The van der Waals surface area contributed by atoms with E-state index in [2.05, 4.69) is 0 Å². The molecule has 0 spiro atoms. The van der Waals surface area contributed by atoms with Gasteiger partial charge < -0.3 is 9.47 Å². The second kappa shape index (κ2) is 8.81. The van der Waals surface area contributed by atoms with E-state index in [4.69, 9.17) is 9.47 Å². The number of alkyl halides is 3. The molecule has 1 rings (SSSR count). The van der Waals surface area contributed by atoms with Gasteiger partial charge in [0.05, 0.1) is 25.8 Å². The second-order valence-electron chi connectivity index (χ2n) is 4.19. The number of methoxy groups -OCH3 is 2. The van der Waals surface area contributed by atoms with Crippen LogP contribution in [0, 0.1) is 0 Å². The number of thioether (sulfide) groups is 1. The van der Waals surface area contributed by atoms with E-state index in [0.29, 0.717) is 28.2 Å². The van der Waals surface area contributed by atoms with Gasteiger partial charge >= 0.3 is 0 Å². The molecule has 3 nitrogen and oxygen atoms in total. The highest BCUT2D eigenvalue weighted by Gasteiger charge is 2.22. The van der Waals surface area contributed by atoms with Gasteiger partial charge in [0, 0.05) is 17.7 Å². The van der Waals surface area contributed by atoms with E-state index in [-0.39, 0.29) is 5.75 Å². The summed E-state index contributed by atoms with van der Waals surface area (Å²) in [6.07, 6.45) is -3.45. The lowest BCUT2D eigenvalue weighted by Gasteiger charge is -2.16. The molecule has 0 fully saturated rings. The molecule has 21 heavy (non-hydrogen) atoms. The Balaban J connectivity index is 2.88. The molecule has 2 unspecified atom stereocenters. The Morgan fingerprint density at radius 1 is 1.19 bits per heavy atom. The molecule has 0 N–H and O–H groups in total. The van der Waals surface area contributed by atoms with Crippen molar-refractivity contribution in [3.8, 4) is 11.5 Å². The smallest absolute Gasteiger partial charge is 0.150 e. The van der Waals surface area contributed by atoms with E-state index in [9.17, 15) is 18.0 Å². The van der Waals surface area contributed by atoms with Gasteiger partial charge in [-0.1, -0.05) is 0 Å². The molecule has 1 aromatic carbocycles. The highest BCUT2D eigenvalue weighted by Crippen LogP contribution is 2.39. The highest BCUT2D eigenvalue weighted by molar-refractivity contribution is 7.99. The predicted molar refractivity (Wildman–Crippen MR) is 76.0 cm³/mol. The molecule has 118 valence electrons. The largest absolute Gasteiger partial charge is 0.495 e. The number of carbonyl (C=O) groups is 1. The Labute approximate surface area is 125 Å². The number of benzene rings is 1. The Bertz CT molecular complexity index is 446. The average molecular weight is 322 g/mol. The first kappa shape index (κ1) is 17.7. The third kappa shape index (κ3) is 4.84. The molecule has 0 radical (unpaired) electrons. The zero-order chi connectivity index (χ0) is 15.8. The predicted octanol–water partition coefficient (Wildman–Crippen LogP) is 3.64. The number of aldehydes is 1. The van der Waals surface area contributed by atoms with Crippen LogP contribution < -0.4 is 9.47 Å². The molecule has 0 amide bonds. The molecular weight excluding hydrogens is 305 g/mol. The number of rotatable bonds is 9. The first-order valence-electron chi connectivity index (χ1n) is 6.25. The minimum atomic E-state index is -1.84. The van der Waals surface area contributed by atoms with E-state index < -0.39 is 25.4 Å². The van der Waals surface area contributed by atoms with Crippen molar-refractivity contribution in [2.75, 3.05) is 26.6 Å². The van der Waals surface area contributed by atoms with E-state index in [0.717, 1.165) is 11.8 Å². The Hall–Kier alpha value is -1.37. The van der Waals surface area contributed by atoms with Gasteiger partial charge in [-0.25, -0.2) is 8.78 Å². The molecule has 0 saturated heterocycles. The van der Waals surface area contributed by atoms with Gasteiger partial charge in [-0.3, -0.25) is 9.18 Å². The van der Waals surface area contributed by atoms with Crippen molar-refractivity contribution in [2.45, 2.75) is 23.7 Å². The summed E-state index contributed by atoms with van der Waals surface area (Å²) in [5.74, 6) is 0.484. The summed E-state index contributed by atoms with van der Waals surface area (Å²) in [5.41, 5.74) is 0.352. The lowest BCUT2D eigenvalue weighted by Crippen LogP contribution is -2.20. The lowest BCUT2D eigenvalue weighted by molar-refractivity contribution is 0.112. The molecule has 1 aromatic rings. The number of ether oxygens (including phenoxy) is 2. The molecule has 2 atom stereocenters. The maximum Gasteiger partial charge on any atom is 0.150 e. The van der Waals surface area contributed by atoms with Crippen LogP contribution in [0.15, 0.2) is 17.0 Å². The van der Waals surface area contributed by atoms with Crippen LogP contribution in [-0.2, 0) is 0 Å². The normalized spacial score (nSPS) is 13.6. The number of hydrogen-bond donors (Lipinski definition) is 0. The van der Waals surface area contributed by atoms with E-state index in [1.165, 1.54) is 26.4 Å². The van der Waals surface area contributed by atoms with E-state index >= 15 is 0 Å². The standard InChI is InChI=1S/C14H17F3O3S/c1-19-12-5-9(7-18)6-13(20-2)14(12)21-8-11(17)10(16)3-4-15/h5-7,10-11H,3-4,8H2,1-2H3. The van der Waals surface area contributed by atoms with Gasteiger partial charge in [-0.05, 0) is 12.1 Å². The topological polar surface area (TPSA) is 35.5 Å². The van der Waals surface area contributed by atoms with Gasteiger partial charge in [0.1, 0.15) is 30.1 Å². The van der Waals surface area contributed by atoms with Crippen molar-refractivity contribution in [2.24, 2.45) is 0 Å². The third-order valence-electron chi connectivity index (χ3n) is 2.78. The van der Waals surface area contributed by atoms with Crippen molar-refractivity contribution in [3.63, 3.8) is 0 Å². The van der Waals surface area contributed by atoms with Gasteiger partial charge in [0.15, 0.2) is 0 Å². The van der Waals surface area contributed by atoms with Crippen molar-refractivity contribution >= 4 is 18.0 Å². The van der Waals surface area contributed by atoms with Crippen LogP contribution in [0.5, 0.6) is 11.5 Å². The Kier molecular flexibility index (Phi) is 7.42. The van der Waals surface area contributed by atoms with Gasteiger partial charge in [0.2, 0.25) is 0 Å². The molecule has 0 heterocycles. The molecular formula is C14H17F3O3S. The highest BCUT2D eigenvalue weighted by atomic mass is 32.2. The van der Waals surface area contributed by atoms with Crippen LogP contribution in [-0.4, -0.2) is 45.3 Å². The zero-order valence-corrected chi connectivity index (χ0v) is 12.6. The summed E-state index contributed by atoms with van der Waals surface area (Å²) in [6, 6.07) is 2.97. The van der Waals surface area contributed by atoms with Crippen LogP contribution in [0.1, 0.15) is 16.8 Å². The maximum atomic E-state index is 13.6. The quantitative estimate of drug-likeness (QED) is 0.514. The average Bonchev–Trinajstić information content (AvgIpc) is 2.51. The maximum absolute atomic E-state index is 13.6. The molecule has 7 heteroatoms. The fraction of sp³-hybridized carbons (Fsp3) is 0.500. The fourth-order valence-electron chi connectivity index (χ4n) is 1.66. The van der Waals surface area contributed by atoms with E-state index in [1.54, 1.807) is 0 Å². The molecule has 0 aliphatic heterocycles. The summed E-state index contributed by atoms with van der Waals surface area (Å²) in [5, 5.41) is 0. The Morgan fingerprint density at radius 2 is 1.76 bits per heavy atom. The van der Waals surface area contributed by atoms with Gasteiger partial charge in [-0.2, -0.15) is 0 Å². The molecule has 0 saturated carbocycles. The Morgan fingerprint density at radius 3 is 2.19 bits per heavy atom. The molecule has 0 aromatic heterocycles. The minimum Gasteiger partial charge on any atom is -0.495 e. The second-order valence-corrected chi connectivity index (χ2v) is 5.22. The van der Waals surface area contributed by atoms with E-state index in [1.807, 2.05) is 0 Å². The number of hydrogen-bond acceptors (Lipinski definition) is 4. The van der Waals surface area contributed by atoms with Crippen molar-refractivity contribution in [1.29, 1.82) is 0 Å². The van der Waals surface area contributed by atoms with Crippen LogP contribution >= 0.6 is 11.8 Å².